The Hall–Kier alpha value is -1.94. The predicted molar refractivity (Wildman–Crippen MR) is 66.1 cm³/mol. The van der Waals surface area contributed by atoms with E-state index in [9.17, 15) is 0 Å². The highest BCUT2D eigenvalue weighted by Gasteiger charge is 2.00. The highest BCUT2D eigenvalue weighted by molar-refractivity contribution is 5.29. The maximum Gasteiger partial charge on any atom is 0.128 e. The van der Waals surface area contributed by atoms with E-state index in [1.54, 1.807) is 6.07 Å². The van der Waals surface area contributed by atoms with Crippen LogP contribution in [0.1, 0.15) is 17.1 Å². The van der Waals surface area contributed by atoms with Crippen LogP contribution >= 0.6 is 0 Å². The van der Waals surface area contributed by atoms with Crippen molar-refractivity contribution >= 4 is 5.82 Å². The molecular weight excluding hydrogens is 214 g/mol. The fourth-order valence-corrected chi connectivity index (χ4v) is 1.58. The zero-order chi connectivity index (χ0) is 12.1. The fourth-order valence-electron chi connectivity index (χ4n) is 1.58. The van der Waals surface area contributed by atoms with Crippen molar-refractivity contribution in [2.24, 2.45) is 0 Å². The van der Waals surface area contributed by atoms with Gasteiger partial charge in [-0.1, -0.05) is 30.3 Å². The molecule has 4 heteroatoms. The van der Waals surface area contributed by atoms with E-state index in [4.69, 9.17) is 10.5 Å². The van der Waals surface area contributed by atoms with E-state index in [1.807, 2.05) is 37.3 Å². The SMILES string of the molecule is Cc1nc(N)cc(COCc2ccccc2)n1. The summed E-state index contributed by atoms with van der Waals surface area (Å²) in [5, 5.41) is 0. The Morgan fingerprint density at radius 3 is 2.59 bits per heavy atom. The van der Waals surface area contributed by atoms with E-state index in [2.05, 4.69) is 9.97 Å². The van der Waals surface area contributed by atoms with Crippen LogP contribution in [0.15, 0.2) is 36.4 Å². The van der Waals surface area contributed by atoms with Crippen LogP contribution in [0.2, 0.25) is 0 Å². The number of benzene rings is 1. The van der Waals surface area contributed by atoms with Gasteiger partial charge < -0.3 is 10.5 Å². The van der Waals surface area contributed by atoms with E-state index >= 15 is 0 Å². The molecule has 88 valence electrons. The summed E-state index contributed by atoms with van der Waals surface area (Å²) in [4.78, 5) is 8.26. The third-order valence-electron chi connectivity index (χ3n) is 2.27. The Morgan fingerprint density at radius 2 is 1.88 bits per heavy atom. The molecule has 0 aliphatic carbocycles. The summed E-state index contributed by atoms with van der Waals surface area (Å²) in [7, 11) is 0. The van der Waals surface area contributed by atoms with Gasteiger partial charge in [-0.05, 0) is 12.5 Å². The minimum Gasteiger partial charge on any atom is -0.384 e. The van der Waals surface area contributed by atoms with Gasteiger partial charge in [-0.2, -0.15) is 0 Å². The number of anilines is 1. The second kappa shape index (κ2) is 5.41. The summed E-state index contributed by atoms with van der Waals surface area (Å²) >= 11 is 0. The van der Waals surface area contributed by atoms with Crippen molar-refractivity contribution in [2.75, 3.05) is 5.73 Å². The number of nitrogens with two attached hydrogens (primary N) is 1. The molecule has 0 aliphatic rings. The number of ether oxygens (including phenoxy) is 1. The largest absolute Gasteiger partial charge is 0.384 e. The van der Waals surface area contributed by atoms with Gasteiger partial charge in [0, 0.05) is 6.07 Å². The van der Waals surface area contributed by atoms with Gasteiger partial charge in [0.1, 0.15) is 11.6 Å². The Kier molecular flexibility index (Phi) is 3.67. The molecule has 0 unspecified atom stereocenters. The second-order valence-corrected chi connectivity index (χ2v) is 3.81. The van der Waals surface area contributed by atoms with Gasteiger partial charge in [-0.15, -0.1) is 0 Å². The molecule has 0 atom stereocenters. The lowest BCUT2D eigenvalue weighted by molar-refractivity contribution is 0.104. The number of aromatic nitrogens is 2. The van der Waals surface area contributed by atoms with Crippen molar-refractivity contribution in [2.45, 2.75) is 20.1 Å². The molecule has 2 aromatic rings. The third-order valence-corrected chi connectivity index (χ3v) is 2.27. The Balaban J connectivity index is 1.90. The van der Waals surface area contributed by atoms with Gasteiger partial charge in [0.2, 0.25) is 0 Å². The molecule has 0 radical (unpaired) electrons. The van der Waals surface area contributed by atoms with Crippen molar-refractivity contribution in [1.82, 2.24) is 9.97 Å². The molecule has 0 spiro atoms. The summed E-state index contributed by atoms with van der Waals surface area (Å²) in [5.41, 5.74) is 7.59. The second-order valence-electron chi connectivity index (χ2n) is 3.81. The fraction of sp³-hybridized carbons (Fsp3) is 0.231. The maximum absolute atomic E-state index is 5.64. The number of aryl methyl sites for hydroxylation is 1. The van der Waals surface area contributed by atoms with Crippen LogP contribution in [-0.4, -0.2) is 9.97 Å². The molecule has 1 aromatic heterocycles. The minimum atomic E-state index is 0.447. The van der Waals surface area contributed by atoms with Crippen LogP contribution in [-0.2, 0) is 18.0 Å². The average molecular weight is 229 g/mol. The van der Waals surface area contributed by atoms with Crippen molar-refractivity contribution in [3.8, 4) is 0 Å². The van der Waals surface area contributed by atoms with Gasteiger partial charge >= 0.3 is 0 Å². The number of hydrogen-bond donors (Lipinski definition) is 1. The normalized spacial score (nSPS) is 10.4. The molecule has 0 saturated heterocycles. The quantitative estimate of drug-likeness (QED) is 0.872. The third kappa shape index (κ3) is 3.53. The van der Waals surface area contributed by atoms with Crippen LogP contribution in [0.5, 0.6) is 0 Å². The van der Waals surface area contributed by atoms with Crippen molar-refractivity contribution in [1.29, 1.82) is 0 Å². The van der Waals surface area contributed by atoms with E-state index < -0.39 is 0 Å². The van der Waals surface area contributed by atoms with E-state index in [0.29, 0.717) is 24.9 Å². The zero-order valence-corrected chi connectivity index (χ0v) is 9.76. The molecule has 2 rings (SSSR count). The molecule has 0 saturated carbocycles. The lowest BCUT2D eigenvalue weighted by Gasteiger charge is -2.05. The average Bonchev–Trinajstić information content (AvgIpc) is 2.29. The molecular formula is C13H15N3O. The highest BCUT2D eigenvalue weighted by atomic mass is 16.5. The molecule has 17 heavy (non-hydrogen) atoms. The first-order valence-corrected chi connectivity index (χ1v) is 5.46. The van der Waals surface area contributed by atoms with Gasteiger partial charge in [-0.3, -0.25) is 0 Å². The summed E-state index contributed by atoms with van der Waals surface area (Å²) in [6, 6.07) is 11.8. The van der Waals surface area contributed by atoms with Gasteiger partial charge in [0.05, 0.1) is 18.9 Å². The van der Waals surface area contributed by atoms with Crippen LogP contribution in [0, 0.1) is 6.92 Å². The van der Waals surface area contributed by atoms with E-state index in [1.165, 1.54) is 0 Å². The van der Waals surface area contributed by atoms with Gasteiger partial charge in [0.25, 0.3) is 0 Å². The first kappa shape index (κ1) is 11.5. The molecule has 0 amide bonds. The topological polar surface area (TPSA) is 61.0 Å². The van der Waals surface area contributed by atoms with E-state index in [0.717, 1.165) is 11.3 Å². The molecule has 0 bridgehead atoms. The Morgan fingerprint density at radius 1 is 1.12 bits per heavy atom. The van der Waals surface area contributed by atoms with Crippen LogP contribution in [0.3, 0.4) is 0 Å². The van der Waals surface area contributed by atoms with Crippen LogP contribution < -0.4 is 5.73 Å². The number of nitrogens with zero attached hydrogens (tertiary/aromatic N) is 2. The number of rotatable bonds is 4. The Labute approximate surface area is 100 Å². The van der Waals surface area contributed by atoms with Crippen molar-refractivity contribution in [3.05, 3.63) is 53.5 Å². The van der Waals surface area contributed by atoms with Gasteiger partial charge in [-0.25, -0.2) is 9.97 Å². The smallest absolute Gasteiger partial charge is 0.128 e. The molecule has 0 aliphatic heterocycles. The van der Waals surface area contributed by atoms with Crippen LogP contribution in [0.25, 0.3) is 0 Å². The number of nitrogen functional groups attached to an aromatic ring is 1. The predicted octanol–water partition coefficient (Wildman–Crippen LogP) is 2.08. The standard InChI is InChI=1S/C13H15N3O/c1-10-15-12(7-13(14)16-10)9-17-8-11-5-3-2-4-6-11/h2-7H,8-9H2,1H3,(H2,14,15,16). The first-order chi connectivity index (χ1) is 8.24. The summed E-state index contributed by atoms with van der Waals surface area (Å²) in [6.45, 7) is 2.84. The van der Waals surface area contributed by atoms with Crippen molar-refractivity contribution < 1.29 is 4.74 Å². The lowest BCUT2D eigenvalue weighted by atomic mass is 10.2. The van der Waals surface area contributed by atoms with Crippen molar-refractivity contribution in [3.63, 3.8) is 0 Å². The lowest BCUT2D eigenvalue weighted by Crippen LogP contribution is -2.02. The molecule has 4 nitrogen and oxygen atoms in total. The highest BCUT2D eigenvalue weighted by Crippen LogP contribution is 2.06. The monoisotopic (exact) mass is 229 g/mol. The number of hydrogen-bond acceptors (Lipinski definition) is 4. The van der Waals surface area contributed by atoms with Crippen LogP contribution in [0.4, 0.5) is 5.82 Å². The zero-order valence-electron chi connectivity index (χ0n) is 9.76. The first-order valence-electron chi connectivity index (χ1n) is 5.46. The molecule has 1 heterocycles. The minimum absolute atomic E-state index is 0.447. The molecule has 0 fully saturated rings. The van der Waals surface area contributed by atoms with E-state index in [-0.39, 0.29) is 0 Å². The molecule has 2 N–H and O–H groups in total. The van der Waals surface area contributed by atoms with Gasteiger partial charge in [0.15, 0.2) is 0 Å². The summed E-state index contributed by atoms with van der Waals surface area (Å²) in [6.07, 6.45) is 0. The molecule has 1 aromatic carbocycles. The maximum atomic E-state index is 5.64. The summed E-state index contributed by atoms with van der Waals surface area (Å²) in [5.74, 6) is 1.15. The Bertz CT molecular complexity index is 465. The summed E-state index contributed by atoms with van der Waals surface area (Å²) < 4.78 is 5.57.